The van der Waals surface area contributed by atoms with Crippen LogP contribution in [0.2, 0.25) is 5.02 Å². The molecule has 2 fully saturated rings. The van der Waals surface area contributed by atoms with Crippen LogP contribution in [0.4, 0.5) is 11.8 Å². The molecule has 172 valence electrons. The number of halogens is 1. The van der Waals surface area contributed by atoms with Crippen molar-refractivity contribution >= 4 is 40.7 Å². The van der Waals surface area contributed by atoms with Crippen molar-refractivity contribution in [2.75, 3.05) is 43.1 Å². The number of aryl methyl sites for hydroxylation is 1. The van der Waals surface area contributed by atoms with Gasteiger partial charge >= 0.3 is 0 Å². The van der Waals surface area contributed by atoms with Gasteiger partial charge in [-0.25, -0.2) is 4.98 Å². The second kappa shape index (κ2) is 10.3. The number of piperidine rings is 1. The first kappa shape index (κ1) is 23.2. The highest BCUT2D eigenvalue weighted by molar-refractivity contribution is 7.80. The summed E-state index contributed by atoms with van der Waals surface area (Å²) < 4.78 is 5.64. The molecular formula is C24H32ClN5OS. The number of ether oxygens (including phenoxy) is 1. The lowest BCUT2D eigenvalue weighted by Gasteiger charge is -2.38. The molecule has 2 aliphatic rings. The summed E-state index contributed by atoms with van der Waals surface area (Å²) in [6.07, 6.45) is 4.26. The Kier molecular flexibility index (Phi) is 7.48. The number of aromatic nitrogens is 2. The lowest BCUT2D eigenvalue weighted by Crippen LogP contribution is -2.45. The van der Waals surface area contributed by atoms with Crippen molar-refractivity contribution in [3.05, 3.63) is 46.6 Å². The molecule has 0 spiro atoms. The van der Waals surface area contributed by atoms with Crippen LogP contribution in [-0.2, 0) is 10.2 Å². The third-order valence-electron chi connectivity index (χ3n) is 6.67. The van der Waals surface area contributed by atoms with Crippen molar-refractivity contribution < 1.29 is 4.74 Å². The highest BCUT2D eigenvalue weighted by Crippen LogP contribution is 2.35. The van der Waals surface area contributed by atoms with Crippen LogP contribution in [-0.4, -0.2) is 47.9 Å². The minimum Gasteiger partial charge on any atom is -0.381 e. The average Bonchev–Trinajstić information content (AvgIpc) is 2.79. The van der Waals surface area contributed by atoms with E-state index in [2.05, 4.69) is 45.6 Å². The Morgan fingerprint density at radius 3 is 2.56 bits per heavy atom. The zero-order valence-corrected chi connectivity index (χ0v) is 20.4. The molecule has 8 heteroatoms. The molecule has 0 unspecified atom stereocenters. The minimum absolute atomic E-state index is 0.0440. The number of benzene rings is 1. The van der Waals surface area contributed by atoms with Crippen LogP contribution in [0.1, 0.15) is 43.9 Å². The van der Waals surface area contributed by atoms with Gasteiger partial charge in [0.1, 0.15) is 5.82 Å². The van der Waals surface area contributed by atoms with Gasteiger partial charge in [0.2, 0.25) is 5.95 Å². The van der Waals surface area contributed by atoms with E-state index in [-0.39, 0.29) is 5.41 Å². The highest BCUT2D eigenvalue weighted by Gasteiger charge is 2.34. The number of hydrogen-bond donors (Lipinski definition) is 2. The van der Waals surface area contributed by atoms with Crippen LogP contribution < -0.4 is 15.5 Å². The Hall–Kier alpha value is -1.96. The molecular weight excluding hydrogens is 442 g/mol. The second-order valence-electron chi connectivity index (χ2n) is 9.07. The summed E-state index contributed by atoms with van der Waals surface area (Å²) in [6, 6.07) is 10.2. The fourth-order valence-corrected chi connectivity index (χ4v) is 4.83. The SMILES string of the molecule is Cc1cc(N2CCC(C)CC2)nc(NC(=S)NCC2(c3ccc(Cl)cc3)CCOCC2)n1. The van der Waals surface area contributed by atoms with E-state index < -0.39 is 0 Å². The number of hydrogen-bond acceptors (Lipinski definition) is 5. The summed E-state index contributed by atoms with van der Waals surface area (Å²) in [5.41, 5.74) is 2.15. The molecule has 3 heterocycles. The summed E-state index contributed by atoms with van der Waals surface area (Å²) >= 11 is 11.7. The largest absolute Gasteiger partial charge is 0.381 e. The fourth-order valence-electron chi connectivity index (χ4n) is 4.54. The summed E-state index contributed by atoms with van der Waals surface area (Å²) in [7, 11) is 0. The molecule has 0 atom stereocenters. The quantitative estimate of drug-likeness (QED) is 0.609. The summed E-state index contributed by atoms with van der Waals surface area (Å²) in [6.45, 7) is 8.57. The standard InChI is InChI=1S/C24H32ClN5OS/c1-17-7-11-30(12-8-17)21-15-18(2)27-22(28-21)29-23(32)26-16-24(9-13-31-14-10-24)19-3-5-20(25)6-4-19/h3-6,15,17H,7-14,16H2,1-2H3,(H2,26,27,28,29,32). The van der Waals surface area contributed by atoms with Gasteiger partial charge in [0, 0.05) is 55.0 Å². The molecule has 6 nitrogen and oxygen atoms in total. The minimum atomic E-state index is -0.0440. The lowest BCUT2D eigenvalue weighted by atomic mass is 9.74. The predicted molar refractivity (Wildman–Crippen MR) is 135 cm³/mol. The van der Waals surface area contributed by atoms with Crippen LogP contribution in [0, 0.1) is 12.8 Å². The third-order valence-corrected chi connectivity index (χ3v) is 7.17. The number of anilines is 2. The van der Waals surface area contributed by atoms with Gasteiger partial charge in [0.25, 0.3) is 0 Å². The van der Waals surface area contributed by atoms with Crippen LogP contribution in [0.25, 0.3) is 0 Å². The Balaban J connectivity index is 1.42. The van der Waals surface area contributed by atoms with Crippen molar-refractivity contribution in [1.29, 1.82) is 0 Å². The monoisotopic (exact) mass is 473 g/mol. The van der Waals surface area contributed by atoms with Crippen molar-refractivity contribution in [3.8, 4) is 0 Å². The maximum atomic E-state index is 6.11. The van der Waals surface area contributed by atoms with Crippen LogP contribution in [0.5, 0.6) is 0 Å². The summed E-state index contributed by atoms with van der Waals surface area (Å²) in [5.74, 6) is 2.29. The topological polar surface area (TPSA) is 62.3 Å². The smallest absolute Gasteiger partial charge is 0.231 e. The molecule has 1 aromatic heterocycles. The number of rotatable bonds is 5. The Morgan fingerprint density at radius 2 is 1.88 bits per heavy atom. The second-order valence-corrected chi connectivity index (χ2v) is 9.91. The Morgan fingerprint density at radius 1 is 1.19 bits per heavy atom. The van der Waals surface area contributed by atoms with Gasteiger partial charge < -0.3 is 20.3 Å². The van der Waals surface area contributed by atoms with Gasteiger partial charge in [-0.1, -0.05) is 30.7 Å². The third kappa shape index (κ3) is 5.69. The average molecular weight is 474 g/mol. The van der Waals surface area contributed by atoms with Gasteiger partial charge in [0.05, 0.1) is 0 Å². The van der Waals surface area contributed by atoms with E-state index >= 15 is 0 Å². The zero-order chi connectivity index (χ0) is 22.6. The highest BCUT2D eigenvalue weighted by atomic mass is 35.5. The van der Waals surface area contributed by atoms with E-state index in [9.17, 15) is 0 Å². The molecule has 2 N–H and O–H groups in total. The first-order valence-corrected chi connectivity index (χ1v) is 12.2. The Bertz CT molecular complexity index is 924. The fraction of sp³-hybridized carbons (Fsp3) is 0.542. The first-order valence-electron chi connectivity index (χ1n) is 11.4. The van der Waals surface area contributed by atoms with E-state index in [1.807, 2.05) is 19.1 Å². The molecule has 2 saturated heterocycles. The maximum Gasteiger partial charge on any atom is 0.231 e. The van der Waals surface area contributed by atoms with Crippen LogP contribution in [0.3, 0.4) is 0 Å². The zero-order valence-electron chi connectivity index (χ0n) is 18.9. The normalized spacial score (nSPS) is 18.9. The van der Waals surface area contributed by atoms with Crippen molar-refractivity contribution in [3.63, 3.8) is 0 Å². The van der Waals surface area contributed by atoms with E-state index in [1.165, 1.54) is 18.4 Å². The summed E-state index contributed by atoms with van der Waals surface area (Å²) in [4.78, 5) is 11.6. The number of nitrogens with one attached hydrogen (secondary N) is 2. The van der Waals surface area contributed by atoms with E-state index in [4.69, 9.17) is 33.5 Å². The molecule has 4 rings (SSSR count). The lowest BCUT2D eigenvalue weighted by molar-refractivity contribution is 0.0515. The molecule has 0 radical (unpaired) electrons. The number of nitrogens with zero attached hydrogens (tertiary/aromatic N) is 3. The van der Waals surface area contributed by atoms with Crippen LogP contribution in [0.15, 0.2) is 30.3 Å². The first-order chi connectivity index (χ1) is 15.4. The molecule has 2 aromatic rings. The van der Waals surface area contributed by atoms with Gasteiger partial charge in [-0.05, 0) is 68.4 Å². The molecule has 32 heavy (non-hydrogen) atoms. The molecule has 1 aromatic carbocycles. The van der Waals surface area contributed by atoms with Gasteiger partial charge in [-0.2, -0.15) is 4.98 Å². The van der Waals surface area contributed by atoms with Crippen molar-refractivity contribution in [2.45, 2.75) is 44.9 Å². The molecule has 2 aliphatic heterocycles. The molecule has 0 amide bonds. The maximum absolute atomic E-state index is 6.11. The Labute approximate surface area is 201 Å². The molecule has 0 saturated carbocycles. The summed E-state index contributed by atoms with van der Waals surface area (Å²) in [5, 5.41) is 7.91. The van der Waals surface area contributed by atoms with Crippen molar-refractivity contribution in [1.82, 2.24) is 15.3 Å². The molecule has 0 bridgehead atoms. The van der Waals surface area contributed by atoms with Crippen LogP contribution >= 0.6 is 23.8 Å². The molecule has 0 aliphatic carbocycles. The number of thiocarbonyl (C=S) groups is 1. The van der Waals surface area contributed by atoms with Gasteiger partial charge in [-0.3, -0.25) is 0 Å². The van der Waals surface area contributed by atoms with E-state index in [1.54, 1.807) is 0 Å². The van der Waals surface area contributed by atoms with E-state index in [0.717, 1.165) is 61.6 Å². The van der Waals surface area contributed by atoms with Gasteiger partial charge in [0.15, 0.2) is 5.11 Å². The van der Waals surface area contributed by atoms with Crippen molar-refractivity contribution in [2.24, 2.45) is 5.92 Å². The van der Waals surface area contributed by atoms with Gasteiger partial charge in [-0.15, -0.1) is 0 Å². The predicted octanol–water partition coefficient (Wildman–Crippen LogP) is 4.71. The van der Waals surface area contributed by atoms with E-state index in [0.29, 0.717) is 17.6 Å².